The number of sulfonamides is 1. The predicted molar refractivity (Wildman–Crippen MR) is 91.2 cm³/mol. The number of likely N-dealkylation sites (N-methyl/N-ethyl adjacent to an activating group) is 1. The first kappa shape index (κ1) is 18.1. The van der Waals surface area contributed by atoms with Crippen molar-refractivity contribution in [2.75, 3.05) is 27.2 Å². The maximum absolute atomic E-state index is 12.8. The molecule has 10 heteroatoms. The fraction of sp³-hybridized carbons (Fsp3) is 0.600. The normalized spacial score (nSPS) is 17.5. The average Bonchev–Trinajstić information content (AvgIpc) is 3.08. The zero-order valence-corrected chi connectivity index (χ0v) is 15.5. The monoisotopic (exact) mass is 368 g/mol. The zero-order valence-electron chi connectivity index (χ0n) is 14.7. The number of nitrogens with zero attached hydrogens (tertiary/aromatic N) is 6. The smallest absolute Gasteiger partial charge is 0.246 e. The fourth-order valence-electron chi connectivity index (χ4n) is 2.94. The average molecular weight is 368 g/mol. The fourth-order valence-corrected chi connectivity index (χ4v) is 4.38. The van der Waals surface area contributed by atoms with Gasteiger partial charge in [-0.25, -0.2) is 8.42 Å². The molecule has 2 aromatic rings. The summed E-state index contributed by atoms with van der Waals surface area (Å²) >= 11 is 0. The van der Waals surface area contributed by atoms with Crippen molar-refractivity contribution in [2.45, 2.75) is 30.5 Å². The second-order valence-corrected chi connectivity index (χ2v) is 8.54. The van der Waals surface area contributed by atoms with E-state index in [0.717, 1.165) is 5.69 Å². The maximum atomic E-state index is 12.8. The molecule has 0 saturated heterocycles. The van der Waals surface area contributed by atoms with Crippen molar-refractivity contribution >= 4 is 10.0 Å². The van der Waals surface area contributed by atoms with E-state index in [1.807, 2.05) is 19.0 Å². The van der Waals surface area contributed by atoms with Crippen molar-refractivity contribution < 1.29 is 13.5 Å². The lowest BCUT2D eigenvalue weighted by atomic mass is 10.2. The van der Waals surface area contributed by atoms with Gasteiger partial charge in [0.15, 0.2) is 0 Å². The third-order valence-electron chi connectivity index (χ3n) is 4.20. The van der Waals surface area contributed by atoms with Gasteiger partial charge in [0.1, 0.15) is 11.0 Å². The highest BCUT2D eigenvalue weighted by atomic mass is 32.2. The summed E-state index contributed by atoms with van der Waals surface area (Å²) in [5, 5.41) is 18.7. The summed E-state index contributed by atoms with van der Waals surface area (Å²) in [6.45, 7) is 1.76. The van der Waals surface area contributed by atoms with Gasteiger partial charge in [0.2, 0.25) is 10.0 Å². The van der Waals surface area contributed by atoms with Crippen LogP contribution in [0.4, 0.5) is 0 Å². The van der Waals surface area contributed by atoms with Crippen LogP contribution in [-0.2, 0) is 30.2 Å². The highest BCUT2D eigenvalue weighted by molar-refractivity contribution is 7.89. The number of aryl methyl sites for hydroxylation is 2. The van der Waals surface area contributed by atoms with Crippen LogP contribution in [0.3, 0.4) is 0 Å². The highest BCUT2D eigenvalue weighted by Gasteiger charge is 2.29. The first-order chi connectivity index (χ1) is 11.8. The van der Waals surface area contributed by atoms with Gasteiger partial charge in [0, 0.05) is 32.9 Å². The van der Waals surface area contributed by atoms with Crippen molar-refractivity contribution in [3.8, 4) is 0 Å². The zero-order chi connectivity index (χ0) is 18.2. The van der Waals surface area contributed by atoms with Crippen molar-refractivity contribution in [3.05, 3.63) is 29.8 Å². The number of aliphatic hydroxyl groups is 1. The molecule has 0 fully saturated rings. The minimum absolute atomic E-state index is 0.191. The topological polar surface area (TPSA) is 96.5 Å². The lowest BCUT2D eigenvalue weighted by Gasteiger charge is -2.18. The minimum atomic E-state index is -3.60. The largest absolute Gasteiger partial charge is 0.385 e. The van der Waals surface area contributed by atoms with Gasteiger partial charge in [-0.15, -0.1) is 0 Å². The third-order valence-corrected chi connectivity index (χ3v) is 5.99. The molecule has 1 atom stereocenters. The van der Waals surface area contributed by atoms with Crippen LogP contribution in [0.25, 0.3) is 0 Å². The molecule has 0 aliphatic carbocycles. The Morgan fingerprint density at radius 3 is 2.76 bits per heavy atom. The van der Waals surface area contributed by atoms with Crippen LogP contribution in [0.2, 0.25) is 0 Å². The molecule has 0 amide bonds. The molecule has 0 aromatic carbocycles. The molecule has 9 nitrogen and oxygen atoms in total. The van der Waals surface area contributed by atoms with Crippen LogP contribution in [0.5, 0.6) is 0 Å². The van der Waals surface area contributed by atoms with Crippen molar-refractivity contribution in [1.29, 1.82) is 0 Å². The molecule has 1 unspecified atom stereocenters. The number of hydrogen-bond acceptors (Lipinski definition) is 6. The quantitative estimate of drug-likeness (QED) is 0.786. The summed E-state index contributed by atoms with van der Waals surface area (Å²) in [7, 11) is 1.85. The third kappa shape index (κ3) is 3.76. The minimum Gasteiger partial charge on any atom is -0.385 e. The Balaban J connectivity index is 1.85. The summed E-state index contributed by atoms with van der Waals surface area (Å²) in [6.07, 6.45) is 2.84. The second-order valence-electron chi connectivity index (χ2n) is 6.60. The van der Waals surface area contributed by atoms with Gasteiger partial charge in [-0.3, -0.25) is 9.36 Å². The molecule has 0 bridgehead atoms. The number of rotatable bonds is 5. The summed E-state index contributed by atoms with van der Waals surface area (Å²) in [4.78, 5) is 2.07. The Morgan fingerprint density at radius 2 is 2.12 bits per heavy atom. The second kappa shape index (κ2) is 6.87. The Morgan fingerprint density at radius 1 is 1.36 bits per heavy atom. The van der Waals surface area contributed by atoms with E-state index in [1.165, 1.54) is 21.4 Å². The molecule has 3 heterocycles. The first-order valence-corrected chi connectivity index (χ1v) is 9.59. The van der Waals surface area contributed by atoms with E-state index in [-0.39, 0.29) is 11.4 Å². The van der Waals surface area contributed by atoms with E-state index in [1.54, 1.807) is 17.8 Å². The highest BCUT2D eigenvalue weighted by Crippen LogP contribution is 2.23. The Bertz CT molecular complexity index is 841. The maximum Gasteiger partial charge on any atom is 0.246 e. The summed E-state index contributed by atoms with van der Waals surface area (Å²) in [6, 6.07) is 1.80. The van der Waals surface area contributed by atoms with E-state index in [4.69, 9.17) is 0 Å². The molecule has 1 N–H and O–H groups in total. The van der Waals surface area contributed by atoms with E-state index in [0.29, 0.717) is 31.7 Å². The lowest BCUT2D eigenvalue weighted by Crippen LogP contribution is -2.30. The van der Waals surface area contributed by atoms with Gasteiger partial charge >= 0.3 is 0 Å². The van der Waals surface area contributed by atoms with Gasteiger partial charge in [-0.2, -0.15) is 14.5 Å². The van der Waals surface area contributed by atoms with Crippen LogP contribution in [0.1, 0.15) is 23.9 Å². The molecule has 2 aromatic heterocycles. The predicted octanol–water partition coefficient (Wildman–Crippen LogP) is -0.194. The van der Waals surface area contributed by atoms with Crippen molar-refractivity contribution in [2.24, 2.45) is 7.05 Å². The van der Waals surface area contributed by atoms with Crippen molar-refractivity contribution in [1.82, 2.24) is 28.8 Å². The van der Waals surface area contributed by atoms with Crippen LogP contribution >= 0.6 is 0 Å². The molecule has 25 heavy (non-hydrogen) atoms. The molecule has 0 spiro atoms. The molecule has 1 aliphatic rings. The first-order valence-electron chi connectivity index (χ1n) is 8.15. The summed E-state index contributed by atoms with van der Waals surface area (Å²) < 4.78 is 30.4. The van der Waals surface area contributed by atoms with Gasteiger partial charge in [-0.05, 0) is 26.6 Å². The molecule has 3 rings (SSSR count). The standard InChI is InChI=1S/C15H24N6O3S/c1-18(2)11-15(22)14-7-12-9-20(5-4-6-21(12)17-14)25(23,24)13-8-16-19(3)10-13/h7-8,10,15,22H,4-6,9,11H2,1-3H3. The Hall–Kier alpha value is -1.75. The van der Waals surface area contributed by atoms with Crippen LogP contribution in [0, 0.1) is 0 Å². The van der Waals surface area contributed by atoms with E-state index >= 15 is 0 Å². The molecule has 138 valence electrons. The van der Waals surface area contributed by atoms with Crippen LogP contribution < -0.4 is 0 Å². The van der Waals surface area contributed by atoms with Crippen LogP contribution in [0.15, 0.2) is 23.4 Å². The lowest BCUT2D eigenvalue weighted by molar-refractivity contribution is 0.133. The molecule has 1 aliphatic heterocycles. The summed E-state index contributed by atoms with van der Waals surface area (Å²) in [5.41, 5.74) is 1.36. The van der Waals surface area contributed by atoms with E-state index < -0.39 is 16.1 Å². The number of aliphatic hydroxyl groups excluding tert-OH is 1. The van der Waals surface area contributed by atoms with Crippen LogP contribution in [-0.4, -0.2) is 69.5 Å². The van der Waals surface area contributed by atoms with Gasteiger partial charge in [-0.1, -0.05) is 0 Å². The van der Waals surface area contributed by atoms with Gasteiger partial charge < -0.3 is 10.0 Å². The number of fused-ring (bicyclic) bond motifs is 1. The van der Waals surface area contributed by atoms with Gasteiger partial charge in [0.25, 0.3) is 0 Å². The molecular weight excluding hydrogens is 344 g/mol. The molecule has 0 saturated carbocycles. The van der Waals surface area contributed by atoms with E-state index in [9.17, 15) is 13.5 Å². The Labute approximate surface area is 147 Å². The van der Waals surface area contributed by atoms with E-state index in [2.05, 4.69) is 10.2 Å². The molecule has 0 radical (unpaired) electrons. The Kier molecular flexibility index (Phi) is 4.96. The van der Waals surface area contributed by atoms with Crippen molar-refractivity contribution in [3.63, 3.8) is 0 Å². The van der Waals surface area contributed by atoms with Gasteiger partial charge in [0.05, 0.1) is 24.1 Å². The SMILES string of the molecule is CN(C)CC(O)c1cc2n(n1)CCCN(S(=O)(=O)c1cnn(C)c1)C2. The molecular formula is C15H24N6O3S. The number of hydrogen-bond donors (Lipinski definition) is 1. The number of aromatic nitrogens is 4. The summed E-state index contributed by atoms with van der Waals surface area (Å²) in [5.74, 6) is 0.